The lowest BCUT2D eigenvalue weighted by Gasteiger charge is -2.46. The van der Waals surface area contributed by atoms with Crippen LogP contribution in [0.2, 0.25) is 0 Å². The van der Waals surface area contributed by atoms with Crippen molar-refractivity contribution in [2.24, 2.45) is 17.8 Å². The molecule has 4 atom stereocenters. The van der Waals surface area contributed by atoms with Crippen molar-refractivity contribution in [3.8, 4) is 0 Å². The Bertz CT molecular complexity index is 2810. The lowest BCUT2D eigenvalue weighted by atomic mass is 9.58. The molecular formula is C55H47NO. The van der Waals surface area contributed by atoms with Crippen molar-refractivity contribution >= 4 is 50.1 Å². The summed E-state index contributed by atoms with van der Waals surface area (Å²) in [7, 11) is 0. The molecule has 1 fully saturated rings. The molecule has 1 saturated carbocycles. The second kappa shape index (κ2) is 12.6. The Morgan fingerprint density at radius 1 is 0.649 bits per heavy atom. The summed E-state index contributed by atoms with van der Waals surface area (Å²) in [5.74, 6) is 0.960. The molecule has 6 aromatic rings. The number of benzene rings is 5. The average molecular weight is 738 g/mol. The van der Waals surface area contributed by atoms with Gasteiger partial charge in [0.2, 0.25) is 0 Å². The highest BCUT2D eigenvalue weighted by Gasteiger charge is 2.56. The van der Waals surface area contributed by atoms with Gasteiger partial charge in [0.15, 0.2) is 0 Å². The summed E-state index contributed by atoms with van der Waals surface area (Å²) in [4.78, 5) is 2.67. The molecule has 0 bridgehead atoms. The van der Waals surface area contributed by atoms with Gasteiger partial charge in [0.05, 0.1) is 11.4 Å². The fourth-order valence-corrected chi connectivity index (χ4v) is 12.5. The van der Waals surface area contributed by atoms with E-state index in [0.717, 1.165) is 35.8 Å². The van der Waals surface area contributed by atoms with Crippen molar-refractivity contribution in [1.82, 2.24) is 0 Å². The molecule has 6 aliphatic rings. The molecule has 2 nitrogen and oxygen atoms in total. The molecule has 0 aliphatic heterocycles. The van der Waals surface area contributed by atoms with Crippen molar-refractivity contribution in [2.45, 2.75) is 62.7 Å². The Morgan fingerprint density at radius 2 is 1.46 bits per heavy atom. The highest BCUT2D eigenvalue weighted by molar-refractivity contribution is 6.08. The van der Waals surface area contributed by atoms with E-state index in [4.69, 9.17) is 4.42 Å². The second-order valence-electron chi connectivity index (χ2n) is 17.4. The first-order chi connectivity index (χ1) is 28.2. The Balaban J connectivity index is 1.23. The summed E-state index contributed by atoms with van der Waals surface area (Å²) in [6.45, 7) is 2.47. The van der Waals surface area contributed by atoms with E-state index in [9.17, 15) is 0 Å². The number of rotatable bonds is 5. The molecule has 1 aromatic heterocycles. The van der Waals surface area contributed by atoms with Gasteiger partial charge in [-0.05, 0) is 119 Å². The third-order valence-electron chi connectivity index (χ3n) is 14.8. The highest BCUT2D eigenvalue weighted by atomic mass is 16.3. The van der Waals surface area contributed by atoms with Crippen LogP contribution in [0.5, 0.6) is 0 Å². The van der Waals surface area contributed by atoms with E-state index < -0.39 is 0 Å². The Kier molecular flexibility index (Phi) is 7.34. The smallest absolute Gasteiger partial charge is 0.135 e. The number of allylic oxidation sites excluding steroid dienone is 12. The van der Waals surface area contributed by atoms with E-state index >= 15 is 0 Å². The fourth-order valence-electron chi connectivity index (χ4n) is 12.5. The fraction of sp³-hybridized carbons (Fsp3) is 0.236. The zero-order chi connectivity index (χ0) is 37.7. The quantitative estimate of drug-likeness (QED) is 0.175. The van der Waals surface area contributed by atoms with Gasteiger partial charge in [0.25, 0.3) is 0 Å². The van der Waals surface area contributed by atoms with Gasteiger partial charge in [-0.2, -0.15) is 0 Å². The van der Waals surface area contributed by atoms with Gasteiger partial charge in [-0.3, -0.25) is 0 Å². The van der Waals surface area contributed by atoms with E-state index in [-0.39, 0.29) is 22.7 Å². The Hall–Kier alpha value is -5.86. The molecule has 0 N–H and O–H groups in total. The van der Waals surface area contributed by atoms with E-state index in [0.29, 0.717) is 5.92 Å². The van der Waals surface area contributed by atoms with Crippen molar-refractivity contribution in [2.75, 3.05) is 4.90 Å². The number of fused-ring (bicyclic) bond motifs is 10. The second-order valence-corrected chi connectivity index (χ2v) is 17.4. The summed E-state index contributed by atoms with van der Waals surface area (Å²) < 4.78 is 6.88. The SMILES string of the molecule is C[C@@H]1CC=CC2=C1c1c(N(c3ccccc3)c3cc4c(cc3C3([C@H]5C=CC=CC5)c5ccccc5C5=CC=CCC53)oc3ccccc34)cccc1C21CCCC1. The predicted molar refractivity (Wildman–Crippen MR) is 237 cm³/mol. The number of nitrogens with zero attached hydrogens (tertiary/aromatic N) is 1. The summed E-state index contributed by atoms with van der Waals surface area (Å²) in [5.41, 5.74) is 17.2. The lowest BCUT2D eigenvalue weighted by molar-refractivity contribution is 0.312. The third-order valence-corrected chi connectivity index (χ3v) is 14.8. The van der Waals surface area contributed by atoms with Crippen LogP contribution in [-0.4, -0.2) is 0 Å². The molecule has 1 spiro atoms. The normalized spacial score (nSPS) is 24.9. The van der Waals surface area contributed by atoms with Crippen LogP contribution >= 0.6 is 0 Å². The summed E-state index contributed by atoms with van der Waals surface area (Å²) in [5, 5.41) is 2.33. The first-order valence-corrected chi connectivity index (χ1v) is 21.3. The summed E-state index contributed by atoms with van der Waals surface area (Å²) >= 11 is 0. The number of anilines is 3. The molecule has 2 heteroatoms. The molecule has 278 valence electrons. The van der Waals surface area contributed by atoms with Gasteiger partial charge < -0.3 is 9.32 Å². The third kappa shape index (κ3) is 4.53. The largest absolute Gasteiger partial charge is 0.456 e. The summed E-state index contributed by atoms with van der Waals surface area (Å²) in [6, 6.07) is 41.4. The van der Waals surface area contributed by atoms with Crippen LogP contribution in [0.3, 0.4) is 0 Å². The molecular weight excluding hydrogens is 691 g/mol. The monoisotopic (exact) mass is 737 g/mol. The number of hydrogen-bond donors (Lipinski definition) is 0. The minimum Gasteiger partial charge on any atom is -0.456 e. The lowest BCUT2D eigenvalue weighted by Crippen LogP contribution is -2.41. The van der Waals surface area contributed by atoms with Gasteiger partial charge >= 0.3 is 0 Å². The molecule has 1 heterocycles. The van der Waals surface area contributed by atoms with Crippen LogP contribution in [-0.2, 0) is 10.8 Å². The zero-order valence-corrected chi connectivity index (χ0v) is 32.6. The molecule has 12 rings (SSSR count). The van der Waals surface area contributed by atoms with Gasteiger partial charge in [-0.25, -0.2) is 0 Å². The Morgan fingerprint density at radius 3 is 2.33 bits per heavy atom. The summed E-state index contributed by atoms with van der Waals surface area (Å²) in [6.07, 6.45) is 29.6. The van der Waals surface area contributed by atoms with Gasteiger partial charge in [0, 0.05) is 38.8 Å². The number of hydrogen-bond acceptors (Lipinski definition) is 2. The molecule has 0 saturated heterocycles. The minimum atomic E-state index is -0.361. The van der Waals surface area contributed by atoms with Gasteiger partial charge in [-0.1, -0.05) is 147 Å². The first kappa shape index (κ1) is 33.3. The predicted octanol–water partition coefficient (Wildman–Crippen LogP) is 14.6. The number of furan rings is 1. The van der Waals surface area contributed by atoms with Crippen LogP contribution in [0, 0.1) is 17.8 Å². The van der Waals surface area contributed by atoms with Crippen molar-refractivity contribution < 1.29 is 4.42 Å². The Labute approximate surface area is 335 Å². The molecule has 5 aromatic carbocycles. The van der Waals surface area contributed by atoms with Crippen LogP contribution in [0.15, 0.2) is 174 Å². The molecule has 0 radical (unpaired) electrons. The zero-order valence-electron chi connectivity index (χ0n) is 32.6. The topological polar surface area (TPSA) is 16.4 Å². The van der Waals surface area contributed by atoms with Gasteiger partial charge in [-0.15, -0.1) is 0 Å². The van der Waals surface area contributed by atoms with E-state index in [1.165, 1.54) is 76.0 Å². The van der Waals surface area contributed by atoms with Crippen molar-refractivity contribution in [1.29, 1.82) is 0 Å². The van der Waals surface area contributed by atoms with E-state index in [1.807, 2.05) is 0 Å². The molecule has 57 heavy (non-hydrogen) atoms. The van der Waals surface area contributed by atoms with Crippen molar-refractivity contribution in [3.05, 3.63) is 197 Å². The van der Waals surface area contributed by atoms with Crippen LogP contribution < -0.4 is 4.90 Å². The van der Waals surface area contributed by atoms with Gasteiger partial charge in [0.1, 0.15) is 11.2 Å². The van der Waals surface area contributed by atoms with E-state index in [2.05, 4.69) is 176 Å². The number of para-hydroxylation sites is 2. The van der Waals surface area contributed by atoms with E-state index in [1.54, 1.807) is 16.7 Å². The van der Waals surface area contributed by atoms with Crippen LogP contribution in [0.25, 0.3) is 33.1 Å². The average Bonchev–Trinajstić information content (AvgIpc) is 4.04. The van der Waals surface area contributed by atoms with Crippen LogP contribution in [0.4, 0.5) is 17.1 Å². The molecule has 2 unspecified atom stereocenters. The minimum absolute atomic E-state index is 0.0979. The highest BCUT2D eigenvalue weighted by Crippen LogP contribution is 2.65. The maximum atomic E-state index is 6.88. The maximum absolute atomic E-state index is 6.88. The van der Waals surface area contributed by atoms with Crippen molar-refractivity contribution in [3.63, 3.8) is 0 Å². The first-order valence-electron chi connectivity index (χ1n) is 21.3. The molecule has 6 aliphatic carbocycles. The van der Waals surface area contributed by atoms with Crippen LogP contribution in [0.1, 0.15) is 79.7 Å². The maximum Gasteiger partial charge on any atom is 0.135 e. The molecule has 0 amide bonds. The standard InChI is InChI=1S/C55H47NO/c1-36-18-16-28-45-52(36)53-46(54(45)32-14-15-33-54)29-17-30-48(53)56(38-21-6-3-7-22-38)49-34-42-41-25-10-13-31-50(41)57-51(42)35-47(49)55(37-19-4-2-5-20-37)43-26-11-8-23-39(43)40-24-9-12-27-44(40)55/h2-13,16-17,19,21-26,28-31,34-37,44H,14-15,18,20,27,32-33H2,1H3/t36-,37+,44?,55?/m1/s1.